The van der Waals surface area contributed by atoms with Gasteiger partial charge in [-0.05, 0) is 83.6 Å². The number of rotatable bonds is 6. The summed E-state index contributed by atoms with van der Waals surface area (Å²) in [6, 6.07) is 14.2. The van der Waals surface area contributed by atoms with E-state index in [9.17, 15) is 22.8 Å². The molecule has 0 aliphatic carbocycles. The minimum atomic E-state index is -4.16. The fourth-order valence-electron chi connectivity index (χ4n) is 3.44. The number of aryl methyl sites for hydroxylation is 1. The highest BCUT2D eigenvalue weighted by Gasteiger charge is 2.37. The Morgan fingerprint density at radius 2 is 1.73 bits per heavy atom. The molecule has 3 aromatic carbocycles. The monoisotopic (exact) mass is 652 g/mol. The van der Waals surface area contributed by atoms with Gasteiger partial charge in [0.2, 0.25) is 0 Å². The third kappa shape index (κ3) is 5.63. The van der Waals surface area contributed by atoms with Crippen LogP contribution in [-0.2, 0) is 19.7 Å². The van der Waals surface area contributed by atoms with Gasteiger partial charge in [-0.25, -0.2) is 9.69 Å². The van der Waals surface area contributed by atoms with Crippen molar-refractivity contribution >= 4 is 73.9 Å². The van der Waals surface area contributed by atoms with Gasteiger partial charge in [0.05, 0.1) is 16.4 Å². The number of barbiturate groups is 1. The normalized spacial score (nSPS) is 15.1. The molecule has 0 atom stereocenters. The van der Waals surface area contributed by atoms with Gasteiger partial charge in [-0.3, -0.25) is 14.9 Å². The van der Waals surface area contributed by atoms with Crippen molar-refractivity contribution in [2.75, 3.05) is 12.0 Å². The third-order valence-electron chi connectivity index (χ3n) is 5.23. The van der Waals surface area contributed by atoms with Gasteiger partial charge in [0.15, 0.2) is 11.5 Å². The largest absolute Gasteiger partial charge is 0.493 e. The fraction of sp³-hybridized carbons (Fsp3) is 0.0800. The number of halogens is 2. The number of hydrogen-bond donors (Lipinski definition) is 1. The molecule has 0 unspecified atom stereocenters. The van der Waals surface area contributed by atoms with Crippen LogP contribution in [0.1, 0.15) is 11.1 Å². The smallest absolute Gasteiger partial charge is 0.339 e. The summed E-state index contributed by atoms with van der Waals surface area (Å²) >= 11 is 7.85. The molecule has 37 heavy (non-hydrogen) atoms. The molecule has 0 aromatic heterocycles. The molecular formula is C25H18ClIN2O7S. The van der Waals surface area contributed by atoms with Crippen LogP contribution in [0.2, 0.25) is 5.02 Å². The molecular weight excluding hydrogens is 635 g/mol. The van der Waals surface area contributed by atoms with Crippen LogP contribution in [0.3, 0.4) is 0 Å². The predicted octanol–water partition coefficient (Wildman–Crippen LogP) is 4.70. The first kappa shape index (κ1) is 26.6. The molecule has 0 bridgehead atoms. The Morgan fingerprint density at radius 1 is 1.03 bits per heavy atom. The maximum Gasteiger partial charge on any atom is 0.339 e. The minimum absolute atomic E-state index is 0.0302. The zero-order valence-electron chi connectivity index (χ0n) is 19.3. The highest BCUT2D eigenvalue weighted by Crippen LogP contribution is 2.37. The number of hydrogen-bond acceptors (Lipinski definition) is 7. The number of carbonyl (C=O) groups excluding carboxylic acids is 3. The maximum atomic E-state index is 13.1. The molecule has 3 aromatic rings. The van der Waals surface area contributed by atoms with E-state index in [0.29, 0.717) is 14.2 Å². The van der Waals surface area contributed by atoms with Crippen LogP contribution >= 0.6 is 34.2 Å². The van der Waals surface area contributed by atoms with Crippen LogP contribution < -0.4 is 19.1 Å². The van der Waals surface area contributed by atoms with Gasteiger partial charge in [-0.2, -0.15) is 8.42 Å². The molecule has 1 aliphatic heterocycles. The van der Waals surface area contributed by atoms with Gasteiger partial charge in [0, 0.05) is 5.02 Å². The van der Waals surface area contributed by atoms with E-state index in [2.05, 4.69) is 5.32 Å². The number of nitrogens with one attached hydrogen (secondary N) is 1. The second-order valence-electron chi connectivity index (χ2n) is 7.82. The lowest BCUT2D eigenvalue weighted by molar-refractivity contribution is -0.122. The summed E-state index contributed by atoms with van der Waals surface area (Å²) in [5.74, 6) is -1.74. The Hall–Kier alpha value is -3.42. The minimum Gasteiger partial charge on any atom is -0.493 e. The average molecular weight is 653 g/mol. The molecule has 1 aliphatic rings. The lowest BCUT2D eigenvalue weighted by atomic mass is 10.1. The summed E-state index contributed by atoms with van der Waals surface area (Å²) in [6.45, 7) is 1.83. The number of imide groups is 2. The van der Waals surface area contributed by atoms with E-state index in [1.54, 1.807) is 24.3 Å². The van der Waals surface area contributed by atoms with Gasteiger partial charge in [-0.1, -0.05) is 35.4 Å². The van der Waals surface area contributed by atoms with E-state index in [1.807, 2.05) is 29.5 Å². The average Bonchev–Trinajstić information content (AvgIpc) is 2.83. The third-order valence-corrected chi connectivity index (χ3v) is 7.51. The topological polar surface area (TPSA) is 119 Å². The number of urea groups is 1. The molecule has 0 spiro atoms. The van der Waals surface area contributed by atoms with E-state index in [4.69, 9.17) is 20.5 Å². The molecule has 12 heteroatoms. The Labute approximate surface area is 231 Å². The standard InChI is InChI=1S/C25H18ClIN2O7S/c1-14-6-8-18(9-7-14)37(33,34)36-22-20(27)11-15(12-21(22)35-2)10-19-23(30)28-25(32)29(24(19)31)17-5-3-4-16(26)13-17/h3-13H,1-2H3,(H,28,30,32)/b19-10+. The zero-order chi connectivity index (χ0) is 26.9. The van der Waals surface area contributed by atoms with Crippen molar-refractivity contribution in [1.82, 2.24) is 5.32 Å². The van der Waals surface area contributed by atoms with Gasteiger partial charge in [-0.15, -0.1) is 0 Å². The summed E-state index contributed by atoms with van der Waals surface area (Å²) < 4.78 is 36.7. The quantitative estimate of drug-likeness (QED) is 0.178. The summed E-state index contributed by atoms with van der Waals surface area (Å²) in [7, 11) is -2.84. The van der Waals surface area contributed by atoms with Crippen LogP contribution in [0.5, 0.6) is 11.5 Å². The van der Waals surface area contributed by atoms with Gasteiger partial charge >= 0.3 is 16.1 Å². The molecule has 9 nitrogen and oxygen atoms in total. The van der Waals surface area contributed by atoms with Crippen molar-refractivity contribution in [1.29, 1.82) is 0 Å². The second-order valence-corrected chi connectivity index (χ2v) is 11.0. The number of methoxy groups -OCH3 is 1. The molecule has 1 fully saturated rings. The van der Waals surface area contributed by atoms with Crippen molar-refractivity contribution in [3.8, 4) is 11.5 Å². The van der Waals surface area contributed by atoms with E-state index >= 15 is 0 Å². The van der Waals surface area contributed by atoms with Crippen LogP contribution in [-0.4, -0.2) is 33.4 Å². The zero-order valence-corrected chi connectivity index (χ0v) is 23.0. The molecule has 4 amide bonds. The number of amides is 4. The van der Waals surface area contributed by atoms with Crippen molar-refractivity contribution in [3.63, 3.8) is 0 Å². The number of benzene rings is 3. The number of nitrogens with zero attached hydrogens (tertiary/aromatic N) is 1. The van der Waals surface area contributed by atoms with Crippen LogP contribution in [0.15, 0.2) is 71.1 Å². The van der Waals surface area contributed by atoms with Crippen molar-refractivity contribution in [2.24, 2.45) is 0 Å². The van der Waals surface area contributed by atoms with E-state index in [-0.39, 0.29) is 27.7 Å². The van der Waals surface area contributed by atoms with E-state index in [0.717, 1.165) is 10.5 Å². The highest BCUT2D eigenvalue weighted by molar-refractivity contribution is 14.1. The van der Waals surface area contributed by atoms with Gasteiger partial charge in [0.1, 0.15) is 10.5 Å². The first-order valence-corrected chi connectivity index (χ1v) is 13.4. The highest BCUT2D eigenvalue weighted by atomic mass is 127. The molecule has 1 heterocycles. The predicted molar refractivity (Wildman–Crippen MR) is 145 cm³/mol. The van der Waals surface area contributed by atoms with E-state index in [1.165, 1.54) is 49.6 Å². The number of ether oxygens (including phenoxy) is 1. The number of anilines is 1. The van der Waals surface area contributed by atoms with Gasteiger partial charge < -0.3 is 8.92 Å². The molecule has 1 N–H and O–H groups in total. The fourth-order valence-corrected chi connectivity index (χ4v) is 5.47. The van der Waals surface area contributed by atoms with Gasteiger partial charge in [0.25, 0.3) is 11.8 Å². The van der Waals surface area contributed by atoms with Crippen molar-refractivity contribution in [2.45, 2.75) is 11.8 Å². The first-order valence-electron chi connectivity index (χ1n) is 10.6. The van der Waals surface area contributed by atoms with Crippen molar-refractivity contribution in [3.05, 3.63) is 86.0 Å². The lowest BCUT2D eigenvalue weighted by Gasteiger charge is -2.26. The Balaban J connectivity index is 1.70. The summed E-state index contributed by atoms with van der Waals surface area (Å²) in [5, 5.41) is 2.44. The summed E-state index contributed by atoms with van der Waals surface area (Å²) in [5.41, 5.74) is 1.09. The molecule has 0 saturated carbocycles. The SMILES string of the molecule is COc1cc(/C=C2\C(=O)NC(=O)N(c3cccc(Cl)c3)C2=O)cc(I)c1OS(=O)(=O)c1ccc(C)cc1. The second kappa shape index (κ2) is 10.5. The summed E-state index contributed by atoms with van der Waals surface area (Å²) in [6.07, 6.45) is 1.27. The maximum absolute atomic E-state index is 13.1. The van der Waals surface area contributed by atoms with Crippen LogP contribution in [0.4, 0.5) is 10.5 Å². The Bertz CT molecular complexity index is 1570. The van der Waals surface area contributed by atoms with Crippen molar-refractivity contribution < 1.29 is 31.7 Å². The summed E-state index contributed by atoms with van der Waals surface area (Å²) in [4.78, 5) is 38.8. The Morgan fingerprint density at radius 3 is 2.38 bits per heavy atom. The lowest BCUT2D eigenvalue weighted by Crippen LogP contribution is -2.54. The Kier molecular flexibility index (Phi) is 7.57. The first-order chi connectivity index (χ1) is 17.5. The molecule has 190 valence electrons. The van der Waals surface area contributed by atoms with Crippen LogP contribution in [0, 0.1) is 10.5 Å². The van der Waals surface area contributed by atoms with Crippen LogP contribution in [0.25, 0.3) is 6.08 Å². The molecule has 1 saturated heterocycles. The number of carbonyl (C=O) groups is 3. The molecule has 4 rings (SSSR count). The van der Waals surface area contributed by atoms with E-state index < -0.39 is 28.0 Å². The molecule has 0 radical (unpaired) electrons.